The second-order valence-corrected chi connectivity index (χ2v) is 7.04. The average Bonchev–Trinajstić information content (AvgIpc) is 3.12. The number of hydrogen-bond donors (Lipinski definition) is 1. The Kier molecular flexibility index (Phi) is 5.07. The number of nitrogens with zero attached hydrogens (tertiary/aromatic N) is 1. The van der Waals surface area contributed by atoms with Crippen molar-refractivity contribution in [1.29, 1.82) is 0 Å². The average molecular weight is 417 g/mol. The van der Waals surface area contributed by atoms with Gasteiger partial charge in [0.1, 0.15) is 23.9 Å². The summed E-state index contributed by atoms with van der Waals surface area (Å²) < 4.78 is 33.4. The maximum absolute atomic E-state index is 13.8. The molecule has 1 saturated heterocycles. The molecule has 0 unspecified atom stereocenters. The number of benzene rings is 2. The molecule has 1 aliphatic rings. The summed E-state index contributed by atoms with van der Waals surface area (Å²) in [5, 5.41) is 3.08. The zero-order chi connectivity index (χ0) is 20.5. The van der Waals surface area contributed by atoms with Crippen molar-refractivity contribution in [2.45, 2.75) is 0 Å². The summed E-state index contributed by atoms with van der Waals surface area (Å²) in [5.74, 6) is -2.03. The predicted molar refractivity (Wildman–Crippen MR) is 103 cm³/mol. The summed E-state index contributed by atoms with van der Waals surface area (Å²) in [6.07, 6.45) is 0. The van der Waals surface area contributed by atoms with Crippen molar-refractivity contribution >= 4 is 23.4 Å². The minimum atomic E-state index is -0.751. The van der Waals surface area contributed by atoms with Crippen LogP contribution >= 0.6 is 11.6 Å². The summed E-state index contributed by atoms with van der Waals surface area (Å²) in [6, 6.07) is 11.2. The van der Waals surface area contributed by atoms with E-state index in [0.29, 0.717) is 29.2 Å². The molecule has 1 aliphatic heterocycles. The largest absolute Gasteiger partial charge is 0.450 e. The van der Waals surface area contributed by atoms with Gasteiger partial charge in [-0.2, -0.15) is 0 Å². The van der Waals surface area contributed by atoms with Crippen LogP contribution in [0.3, 0.4) is 0 Å². The Morgan fingerprint density at radius 3 is 2.52 bits per heavy atom. The topological polar surface area (TPSA) is 62.6 Å². The molecule has 2 heterocycles. The van der Waals surface area contributed by atoms with Crippen LogP contribution in [0, 0.1) is 11.6 Å². The molecule has 29 heavy (non-hydrogen) atoms. The first-order valence-corrected chi connectivity index (χ1v) is 9.21. The fraction of sp³-hybridized carbons (Fsp3) is 0.143. The summed E-state index contributed by atoms with van der Waals surface area (Å²) in [4.78, 5) is 25.8. The van der Waals surface area contributed by atoms with Crippen LogP contribution in [0.5, 0.6) is 0 Å². The molecule has 2 aromatic carbocycles. The Bertz CT molecular complexity index is 1090. The molecule has 0 spiro atoms. The van der Waals surface area contributed by atoms with E-state index in [1.54, 1.807) is 24.3 Å². The third-order valence-electron chi connectivity index (χ3n) is 4.53. The van der Waals surface area contributed by atoms with Crippen molar-refractivity contribution in [2.75, 3.05) is 19.6 Å². The molecule has 0 atom stereocenters. The quantitative estimate of drug-likeness (QED) is 0.698. The minimum Gasteiger partial charge on any atom is -0.450 e. The van der Waals surface area contributed by atoms with Crippen molar-refractivity contribution in [2.24, 2.45) is 0 Å². The van der Waals surface area contributed by atoms with E-state index in [4.69, 9.17) is 16.0 Å². The van der Waals surface area contributed by atoms with Crippen LogP contribution in [0.25, 0.3) is 22.5 Å². The molecule has 8 heteroatoms. The zero-order valence-corrected chi connectivity index (χ0v) is 15.8. The third-order valence-corrected chi connectivity index (χ3v) is 4.76. The molecule has 0 bridgehead atoms. The predicted octanol–water partition coefficient (Wildman–Crippen LogP) is 4.12. The van der Waals surface area contributed by atoms with E-state index < -0.39 is 17.5 Å². The Balaban J connectivity index is 1.82. The zero-order valence-electron chi connectivity index (χ0n) is 15.0. The summed E-state index contributed by atoms with van der Waals surface area (Å²) in [7, 11) is 0. The Morgan fingerprint density at radius 1 is 1.07 bits per heavy atom. The monoisotopic (exact) mass is 416 g/mol. The molecule has 0 saturated carbocycles. The van der Waals surface area contributed by atoms with Gasteiger partial charge in [-0.15, -0.1) is 0 Å². The van der Waals surface area contributed by atoms with Gasteiger partial charge in [-0.3, -0.25) is 9.59 Å². The van der Waals surface area contributed by atoms with Gasteiger partial charge in [0.05, 0.1) is 0 Å². The van der Waals surface area contributed by atoms with E-state index in [0.717, 1.165) is 18.2 Å². The first kappa shape index (κ1) is 19.1. The summed E-state index contributed by atoms with van der Waals surface area (Å²) >= 11 is 6.07. The van der Waals surface area contributed by atoms with Crippen molar-refractivity contribution in [3.05, 3.63) is 70.9 Å². The van der Waals surface area contributed by atoms with E-state index in [-0.39, 0.29) is 29.5 Å². The lowest BCUT2D eigenvalue weighted by atomic mass is 10.0. The number of nitrogens with one attached hydrogen (secondary N) is 1. The number of furan rings is 1. The second kappa shape index (κ2) is 7.67. The second-order valence-electron chi connectivity index (χ2n) is 6.60. The van der Waals surface area contributed by atoms with Gasteiger partial charge in [-0.25, -0.2) is 8.78 Å². The molecule has 0 radical (unpaired) electrons. The first-order valence-electron chi connectivity index (χ1n) is 8.83. The molecule has 3 aromatic rings. The standard InChI is InChI=1S/C21H15ClF2N2O3/c22-14-3-1-2-12(6-14)20-17(13-7-15(23)9-16(24)8-13)10-18(29-20)21(28)26-5-4-25-19(27)11-26/h1-3,6-10H,4-5,11H2,(H,25,27). The van der Waals surface area contributed by atoms with Crippen LogP contribution in [-0.2, 0) is 4.79 Å². The van der Waals surface area contributed by atoms with E-state index in [9.17, 15) is 18.4 Å². The number of hydrogen-bond acceptors (Lipinski definition) is 3. The van der Waals surface area contributed by atoms with E-state index in [2.05, 4.69) is 5.32 Å². The Hall–Kier alpha value is -3.19. The van der Waals surface area contributed by atoms with Gasteiger partial charge in [0.2, 0.25) is 5.91 Å². The maximum Gasteiger partial charge on any atom is 0.290 e. The summed E-state index contributed by atoms with van der Waals surface area (Å²) in [5.41, 5.74) is 1.11. The number of carbonyl (C=O) groups is 2. The number of carbonyl (C=O) groups excluding carboxylic acids is 2. The van der Waals surface area contributed by atoms with E-state index >= 15 is 0 Å². The lowest BCUT2D eigenvalue weighted by Crippen LogP contribution is -2.49. The van der Waals surface area contributed by atoms with Crippen LogP contribution in [0.1, 0.15) is 10.6 Å². The molecule has 148 valence electrons. The van der Waals surface area contributed by atoms with Gasteiger partial charge in [-0.1, -0.05) is 23.7 Å². The highest BCUT2D eigenvalue weighted by Gasteiger charge is 2.27. The van der Waals surface area contributed by atoms with Gasteiger partial charge >= 0.3 is 0 Å². The fourth-order valence-corrected chi connectivity index (χ4v) is 3.42. The first-order chi connectivity index (χ1) is 13.9. The van der Waals surface area contributed by atoms with E-state index in [1.165, 1.54) is 11.0 Å². The summed E-state index contributed by atoms with van der Waals surface area (Å²) in [6.45, 7) is 0.589. The van der Waals surface area contributed by atoms with Crippen molar-refractivity contribution in [3.63, 3.8) is 0 Å². The fourth-order valence-electron chi connectivity index (χ4n) is 3.23. The number of halogens is 3. The van der Waals surface area contributed by atoms with Crippen LogP contribution in [0.2, 0.25) is 5.02 Å². The van der Waals surface area contributed by atoms with Gasteiger partial charge in [0.15, 0.2) is 5.76 Å². The molecule has 1 N–H and O–H groups in total. The number of piperazine rings is 1. The molecular formula is C21H15ClF2N2O3. The number of amides is 2. The van der Waals surface area contributed by atoms with Crippen LogP contribution in [-0.4, -0.2) is 36.3 Å². The van der Waals surface area contributed by atoms with Crippen LogP contribution in [0.4, 0.5) is 8.78 Å². The smallest absolute Gasteiger partial charge is 0.290 e. The van der Waals surface area contributed by atoms with Crippen molar-refractivity contribution < 1.29 is 22.8 Å². The van der Waals surface area contributed by atoms with Gasteiger partial charge in [0, 0.05) is 35.3 Å². The van der Waals surface area contributed by atoms with Gasteiger partial charge in [0.25, 0.3) is 5.91 Å². The highest BCUT2D eigenvalue weighted by atomic mass is 35.5. The number of rotatable bonds is 3. The Labute approximate surface area is 169 Å². The van der Waals surface area contributed by atoms with Crippen LogP contribution < -0.4 is 5.32 Å². The van der Waals surface area contributed by atoms with Crippen molar-refractivity contribution in [3.8, 4) is 22.5 Å². The lowest BCUT2D eigenvalue weighted by Gasteiger charge is -2.25. The minimum absolute atomic E-state index is 0.0330. The molecule has 2 amide bonds. The normalized spacial score (nSPS) is 14.0. The molecular weight excluding hydrogens is 402 g/mol. The molecule has 5 nitrogen and oxygen atoms in total. The van der Waals surface area contributed by atoms with Gasteiger partial charge < -0.3 is 14.6 Å². The van der Waals surface area contributed by atoms with E-state index in [1.807, 2.05) is 0 Å². The maximum atomic E-state index is 13.8. The third kappa shape index (κ3) is 4.00. The Morgan fingerprint density at radius 2 is 1.83 bits per heavy atom. The molecule has 1 fully saturated rings. The highest BCUT2D eigenvalue weighted by Crippen LogP contribution is 2.37. The molecule has 4 rings (SSSR count). The SMILES string of the molecule is O=C1CN(C(=O)c2cc(-c3cc(F)cc(F)c3)c(-c3cccc(Cl)c3)o2)CCN1. The van der Waals surface area contributed by atoms with Gasteiger partial charge in [-0.05, 0) is 35.9 Å². The molecule has 1 aromatic heterocycles. The highest BCUT2D eigenvalue weighted by molar-refractivity contribution is 6.30. The molecule has 0 aliphatic carbocycles. The van der Waals surface area contributed by atoms with Crippen LogP contribution in [0.15, 0.2) is 52.9 Å². The van der Waals surface area contributed by atoms with Crippen molar-refractivity contribution in [1.82, 2.24) is 10.2 Å². The lowest BCUT2D eigenvalue weighted by molar-refractivity contribution is -0.123.